The molecule has 0 spiro atoms. The highest BCUT2D eigenvalue weighted by Crippen LogP contribution is 2.35. The molecule has 10 heteroatoms. The van der Waals surface area contributed by atoms with Gasteiger partial charge in [0, 0.05) is 29.9 Å². The lowest BCUT2D eigenvalue weighted by Crippen LogP contribution is -2.32. The van der Waals surface area contributed by atoms with Gasteiger partial charge in [0.15, 0.2) is 0 Å². The molecule has 0 aromatic heterocycles. The first-order chi connectivity index (χ1) is 16.8. The van der Waals surface area contributed by atoms with Crippen molar-refractivity contribution in [3.63, 3.8) is 0 Å². The highest BCUT2D eigenvalue weighted by atomic mass is 79.9. The minimum Gasteiger partial charge on any atom is -0.444 e. The molecule has 3 aromatic rings. The molecule has 4 rings (SSSR count). The normalized spacial score (nSPS) is 14.8. The average molecular weight is 539 g/mol. The van der Waals surface area contributed by atoms with Crippen LogP contribution < -0.4 is 15.5 Å². The monoisotopic (exact) mass is 538 g/mol. The van der Waals surface area contributed by atoms with Crippen LogP contribution in [-0.2, 0) is 11.3 Å². The Bertz CT molecular complexity index is 1270. The largest absolute Gasteiger partial charge is 0.444 e. The van der Waals surface area contributed by atoms with E-state index in [1.807, 2.05) is 37.3 Å². The standard InChI is InChI=1S/C25H23BrN4O5/c1-16-11-12-29(24(31)18-7-9-20(26)22(13-18)30(33)34)23-14-19(8-10-21(23)27-16)28-25(32)35-15-17-5-3-2-4-6-17/h2-10,13-14,16,27H,11-12,15H2,1H3,(H,28,32). The van der Waals surface area contributed by atoms with Crippen LogP contribution in [0.5, 0.6) is 0 Å². The van der Waals surface area contributed by atoms with Gasteiger partial charge in [0.2, 0.25) is 0 Å². The van der Waals surface area contributed by atoms with E-state index in [1.165, 1.54) is 12.1 Å². The van der Waals surface area contributed by atoms with Crippen LogP contribution in [-0.4, -0.2) is 29.5 Å². The number of ether oxygens (including phenoxy) is 1. The Morgan fingerprint density at radius 2 is 1.94 bits per heavy atom. The van der Waals surface area contributed by atoms with Gasteiger partial charge in [-0.3, -0.25) is 20.2 Å². The molecular formula is C25H23BrN4O5. The summed E-state index contributed by atoms with van der Waals surface area (Å²) in [7, 11) is 0. The Morgan fingerprint density at radius 3 is 2.69 bits per heavy atom. The number of nitrogens with zero attached hydrogens (tertiary/aromatic N) is 2. The van der Waals surface area contributed by atoms with E-state index < -0.39 is 11.0 Å². The Balaban J connectivity index is 1.58. The summed E-state index contributed by atoms with van der Waals surface area (Å²) >= 11 is 3.15. The zero-order valence-electron chi connectivity index (χ0n) is 18.9. The first-order valence-electron chi connectivity index (χ1n) is 11.0. The van der Waals surface area contributed by atoms with E-state index in [0.717, 1.165) is 11.3 Å². The number of nitro groups is 1. The van der Waals surface area contributed by atoms with E-state index >= 15 is 0 Å². The Labute approximate surface area is 210 Å². The summed E-state index contributed by atoms with van der Waals surface area (Å²) in [6, 6.07) is 18.9. The molecule has 3 aromatic carbocycles. The fraction of sp³-hybridized carbons (Fsp3) is 0.200. The summed E-state index contributed by atoms with van der Waals surface area (Å²) in [5.41, 5.74) is 2.61. The molecular weight excluding hydrogens is 516 g/mol. The van der Waals surface area contributed by atoms with Gasteiger partial charge in [0.05, 0.1) is 20.8 Å². The van der Waals surface area contributed by atoms with Gasteiger partial charge < -0.3 is 15.0 Å². The number of fused-ring (bicyclic) bond motifs is 1. The number of carbonyl (C=O) groups excluding carboxylic acids is 2. The van der Waals surface area contributed by atoms with Crippen LogP contribution in [0.25, 0.3) is 0 Å². The van der Waals surface area contributed by atoms with Crippen molar-refractivity contribution in [1.82, 2.24) is 0 Å². The van der Waals surface area contributed by atoms with Crippen LogP contribution in [0.15, 0.2) is 71.2 Å². The van der Waals surface area contributed by atoms with Gasteiger partial charge in [-0.25, -0.2) is 4.79 Å². The molecule has 0 fully saturated rings. The fourth-order valence-electron chi connectivity index (χ4n) is 3.77. The lowest BCUT2D eigenvalue weighted by Gasteiger charge is -2.23. The molecule has 2 N–H and O–H groups in total. The van der Waals surface area contributed by atoms with Crippen LogP contribution in [0.1, 0.15) is 29.3 Å². The van der Waals surface area contributed by atoms with E-state index in [-0.39, 0.29) is 29.8 Å². The minimum absolute atomic E-state index is 0.0976. The van der Waals surface area contributed by atoms with Crippen molar-refractivity contribution in [2.75, 3.05) is 22.1 Å². The number of hydrogen-bond acceptors (Lipinski definition) is 6. The SMILES string of the molecule is CC1CCN(C(=O)c2ccc(Br)c([N+](=O)[O-])c2)c2cc(NC(=O)OCc3ccccc3)ccc2N1. The molecule has 0 radical (unpaired) electrons. The maximum absolute atomic E-state index is 13.4. The molecule has 1 heterocycles. The predicted octanol–water partition coefficient (Wildman–Crippen LogP) is 5.96. The van der Waals surface area contributed by atoms with Crippen molar-refractivity contribution in [3.05, 3.63) is 92.4 Å². The second-order valence-electron chi connectivity index (χ2n) is 8.13. The van der Waals surface area contributed by atoms with Crippen molar-refractivity contribution in [2.24, 2.45) is 0 Å². The smallest absolute Gasteiger partial charge is 0.411 e. The van der Waals surface area contributed by atoms with Gasteiger partial charge in [-0.15, -0.1) is 0 Å². The number of amides is 2. The van der Waals surface area contributed by atoms with E-state index in [4.69, 9.17) is 4.74 Å². The zero-order chi connectivity index (χ0) is 24.9. The molecule has 0 aliphatic carbocycles. The van der Waals surface area contributed by atoms with Crippen LogP contribution in [0.2, 0.25) is 0 Å². The number of benzene rings is 3. The summed E-state index contributed by atoms with van der Waals surface area (Å²) in [5, 5.41) is 17.4. The second kappa shape index (κ2) is 10.6. The maximum Gasteiger partial charge on any atom is 0.411 e. The highest BCUT2D eigenvalue weighted by Gasteiger charge is 2.27. The van der Waals surface area contributed by atoms with Gasteiger partial charge in [0.1, 0.15) is 6.61 Å². The minimum atomic E-state index is -0.620. The Hall–Kier alpha value is -3.92. The molecule has 35 heavy (non-hydrogen) atoms. The van der Waals surface area contributed by atoms with Gasteiger partial charge in [-0.2, -0.15) is 0 Å². The molecule has 2 amide bonds. The lowest BCUT2D eigenvalue weighted by atomic mass is 10.1. The second-order valence-corrected chi connectivity index (χ2v) is 8.99. The lowest BCUT2D eigenvalue weighted by molar-refractivity contribution is -0.385. The van der Waals surface area contributed by atoms with Gasteiger partial charge >= 0.3 is 6.09 Å². The number of rotatable bonds is 5. The van der Waals surface area contributed by atoms with Crippen LogP contribution in [0, 0.1) is 10.1 Å². The van der Waals surface area contributed by atoms with Gasteiger partial charge in [-0.05, 0) is 65.2 Å². The maximum atomic E-state index is 13.4. The van der Waals surface area contributed by atoms with E-state index in [1.54, 1.807) is 29.2 Å². The van der Waals surface area contributed by atoms with Gasteiger partial charge in [0.25, 0.3) is 11.6 Å². The summed E-state index contributed by atoms with van der Waals surface area (Å²) in [6.07, 6.45) is 0.0474. The van der Waals surface area contributed by atoms with Crippen molar-refractivity contribution < 1.29 is 19.2 Å². The number of anilines is 3. The first-order valence-corrected chi connectivity index (χ1v) is 11.7. The molecule has 1 atom stereocenters. The number of hydrogen-bond donors (Lipinski definition) is 2. The van der Waals surface area contributed by atoms with E-state index in [9.17, 15) is 19.7 Å². The topological polar surface area (TPSA) is 114 Å². The van der Waals surface area contributed by atoms with Crippen LogP contribution in [0.4, 0.5) is 27.5 Å². The number of nitro benzene ring substituents is 1. The molecule has 180 valence electrons. The van der Waals surface area contributed by atoms with Crippen molar-refractivity contribution in [2.45, 2.75) is 26.0 Å². The molecule has 0 saturated carbocycles. The summed E-state index contributed by atoms with van der Waals surface area (Å²) in [5.74, 6) is -0.374. The van der Waals surface area contributed by atoms with Crippen molar-refractivity contribution in [3.8, 4) is 0 Å². The summed E-state index contributed by atoms with van der Waals surface area (Å²) in [4.78, 5) is 38.2. The predicted molar refractivity (Wildman–Crippen MR) is 137 cm³/mol. The van der Waals surface area contributed by atoms with Crippen molar-refractivity contribution in [1.29, 1.82) is 0 Å². The van der Waals surface area contributed by atoms with Crippen molar-refractivity contribution >= 4 is 50.7 Å². The molecule has 9 nitrogen and oxygen atoms in total. The summed E-state index contributed by atoms with van der Waals surface area (Å²) < 4.78 is 5.59. The van der Waals surface area contributed by atoms with Crippen LogP contribution >= 0.6 is 15.9 Å². The Kier molecular flexibility index (Phi) is 7.31. The molecule has 1 unspecified atom stereocenters. The zero-order valence-corrected chi connectivity index (χ0v) is 20.4. The number of nitrogens with one attached hydrogen (secondary N) is 2. The third-order valence-electron chi connectivity index (χ3n) is 5.57. The number of carbonyl (C=O) groups is 2. The van der Waals surface area contributed by atoms with Crippen LogP contribution in [0.3, 0.4) is 0 Å². The molecule has 0 bridgehead atoms. The third kappa shape index (κ3) is 5.78. The van der Waals surface area contributed by atoms with E-state index in [0.29, 0.717) is 28.8 Å². The first kappa shape index (κ1) is 24.2. The third-order valence-corrected chi connectivity index (χ3v) is 6.24. The Morgan fingerprint density at radius 1 is 1.17 bits per heavy atom. The molecule has 0 saturated heterocycles. The highest BCUT2D eigenvalue weighted by molar-refractivity contribution is 9.10. The van der Waals surface area contributed by atoms with E-state index in [2.05, 4.69) is 26.6 Å². The molecule has 1 aliphatic rings. The average Bonchev–Trinajstić information content (AvgIpc) is 3.01. The van der Waals surface area contributed by atoms with Gasteiger partial charge in [-0.1, -0.05) is 30.3 Å². The molecule has 1 aliphatic heterocycles. The number of halogens is 1. The fourth-order valence-corrected chi connectivity index (χ4v) is 4.16. The summed E-state index contributed by atoms with van der Waals surface area (Å²) in [6.45, 7) is 2.53. The quantitative estimate of drug-likeness (QED) is 0.306.